The SMILES string of the molecule is [B][C@@H]1O[C@](C)(CO)C(OP(=C)(OC)OCC[N+]#[C-])[C@@H]1O[Si](C)(C)C(C)(C)C. The summed E-state index contributed by atoms with van der Waals surface area (Å²) in [5, 5.41) is 9.90. The molecule has 1 fully saturated rings. The van der Waals surface area contributed by atoms with Crippen molar-refractivity contribution >= 4 is 30.0 Å². The lowest BCUT2D eigenvalue weighted by Crippen LogP contribution is -2.52. The number of hydrogen-bond acceptors (Lipinski definition) is 6. The van der Waals surface area contributed by atoms with Gasteiger partial charge in [-0.3, -0.25) is 0 Å². The molecule has 1 rings (SSSR count). The normalized spacial score (nSPS) is 31.4. The molecule has 5 atom stereocenters. The van der Waals surface area contributed by atoms with E-state index in [-0.39, 0.29) is 24.8 Å². The predicted octanol–water partition coefficient (Wildman–Crippen LogP) is 2.81. The highest BCUT2D eigenvalue weighted by atomic mass is 31.2. The highest BCUT2D eigenvalue weighted by Gasteiger charge is 2.55. The first-order chi connectivity index (χ1) is 12.3. The molecule has 154 valence electrons. The molecule has 1 N–H and O–H groups in total. The van der Waals surface area contributed by atoms with Gasteiger partial charge in [0.2, 0.25) is 6.54 Å². The van der Waals surface area contributed by atoms with Crippen molar-refractivity contribution in [3.8, 4) is 0 Å². The number of aliphatic hydroxyl groups is 1. The molecule has 2 radical (unpaired) electrons. The van der Waals surface area contributed by atoms with Crippen LogP contribution >= 0.6 is 7.57 Å². The second kappa shape index (κ2) is 9.10. The lowest BCUT2D eigenvalue weighted by atomic mass is 9.90. The van der Waals surface area contributed by atoms with Crippen LogP contribution in [0.15, 0.2) is 0 Å². The summed E-state index contributed by atoms with van der Waals surface area (Å²) in [7, 11) is 2.45. The Hall–Kier alpha value is -0.168. The smallest absolute Gasteiger partial charge is 0.251 e. The molecule has 0 bridgehead atoms. The maximum atomic E-state index is 9.94. The fraction of sp³-hybridized carbons (Fsp3) is 0.882. The van der Waals surface area contributed by atoms with Crippen molar-refractivity contribution in [1.82, 2.24) is 0 Å². The van der Waals surface area contributed by atoms with E-state index in [1.54, 1.807) is 6.92 Å². The maximum Gasteiger partial charge on any atom is 0.251 e. The zero-order chi connectivity index (χ0) is 21.1. The molecule has 1 aliphatic rings. The standard InChI is InChI=1S/C17H33BNO6PSi/c1-16(2,3)27(8,9)25-13-14(17(4,12-20)23-15(13)18)24-26(7,21-6)22-11-10-19-5/h13-15,20H,7,10-12H2,1-4,6,8-9H3/t13-,14?,15+,17+,26?/m0/s1. The van der Waals surface area contributed by atoms with Crippen LogP contribution in [0, 0.1) is 6.57 Å². The van der Waals surface area contributed by atoms with Gasteiger partial charge in [-0.25, -0.2) is 6.57 Å². The zero-order valence-corrected chi connectivity index (χ0v) is 19.4. The van der Waals surface area contributed by atoms with Gasteiger partial charge < -0.3 is 32.7 Å². The molecule has 0 aliphatic carbocycles. The molecule has 1 aliphatic heterocycles. The number of hydrogen-bond donors (Lipinski definition) is 1. The first-order valence-electron chi connectivity index (χ1n) is 8.92. The Balaban J connectivity index is 3.15. The summed E-state index contributed by atoms with van der Waals surface area (Å²) < 4.78 is 29.5. The molecule has 0 aromatic heterocycles. The van der Waals surface area contributed by atoms with Gasteiger partial charge in [0.05, 0.1) is 12.7 Å². The van der Waals surface area contributed by atoms with Crippen LogP contribution in [0.1, 0.15) is 27.7 Å². The summed E-state index contributed by atoms with van der Waals surface area (Å²) in [6, 6.07) is -0.769. The van der Waals surface area contributed by atoms with E-state index >= 15 is 0 Å². The third kappa shape index (κ3) is 5.91. The summed E-state index contributed by atoms with van der Waals surface area (Å²) in [5.41, 5.74) is -1.09. The highest BCUT2D eigenvalue weighted by Crippen LogP contribution is 2.53. The molecule has 0 saturated carbocycles. The molecule has 1 saturated heterocycles. The van der Waals surface area contributed by atoms with Gasteiger partial charge >= 0.3 is 0 Å². The lowest BCUT2D eigenvalue weighted by molar-refractivity contribution is -0.0824. The van der Waals surface area contributed by atoms with Crippen LogP contribution in [-0.2, 0) is 22.7 Å². The van der Waals surface area contributed by atoms with Crippen molar-refractivity contribution in [1.29, 1.82) is 0 Å². The van der Waals surface area contributed by atoms with Gasteiger partial charge in [0.1, 0.15) is 26.2 Å². The molecular formula is C17H33BNO6PSi. The van der Waals surface area contributed by atoms with Crippen LogP contribution in [0.25, 0.3) is 4.85 Å². The summed E-state index contributed by atoms with van der Waals surface area (Å²) in [4.78, 5) is 3.25. The van der Waals surface area contributed by atoms with Crippen LogP contribution in [0.4, 0.5) is 0 Å². The van der Waals surface area contributed by atoms with E-state index in [1.807, 2.05) is 0 Å². The summed E-state index contributed by atoms with van der Waals surface area (Å²) >= 11 is 0. The van der Waals surface area contributed by atoms with Crippen molar-refractivity contribution in [3.63, 3.8) is 0 Å². The fourth-order valence-corrected chi connectivity index (χ4v) is 5.03. The minimum absolute atomic E-state index is 0.0421. The first-order valence-corrected chi connectivity index (χ1v) is 13.6. The van der Waals surface area contributed by atoms with Gasteiger partial charge in [-0.1, -0.05) is 20.8 Å². The zero-order valence-electron chi connectivity index (χ0n) is 17.5. The molecule has 7 nitrogen and oxygen atoms in total. The van der Waals surface area contributed by atoms with Gasteiger partial charge in [0.25, 0.3) is 7.57 Å². The van der Waals surface area contributed by atoms with Crippen molar-refractivity contribution < 1.29 is 27.8 Å². The van der Waals surface area contributed by atoms with E-state index in [4.69, 9.17) is 37.2 Å². The minimum atomic E-state index is -3.00. The van der Waals surface area contributed by atoms with Crippen molar-refractivity contribution in [2.45, 2.75) is 69.6 Å². The van der Waals surface area contributed by atoms with Gasteiger partial charge in [0.15, 0.2) is 8.32 Å². The molecule has 0 aromatic carbocycles. The van der Waals surface area contributed by atoms with Gasteiger partial charge in [-0.15, -0.1) is 0 Å². The molecule has 0 amide bonds. The average molecular weight is 417 g/mol. The van der Waals surface area contributed by atoms with E-state index in [9.17, 15) is 5.11 Å². The van der Waals surface area contributed by atoms with Crippen molar-refractivity contribution in [3.05, 3.63) is 11.4 Å². The van der Waals surface area contributed by atoms with Gasteiger partial charge in [-0.2, -0.15) is 0 Å². The van der Waals surface area contributed by atoms with E-state index in [1.165, 1.54) is 7.11 Å². The summed E-state index contributed by atoms with van der Waals surface area (Å²) in [6.45, 7) is 19.2. The minimum Gasteiger partial charge on any atom is -0.409 e. The second-order valence-corrected chi connectivity index (χ2v) is 15.2. The average Bonchev–Trinajstić information content (AvgIpc) is 2.78. The lowest BCUT2D eigenvalue weighted by Gasteiger charge is -2.42. The van der Waals surface area contributed by atoms with E-state index in [0.29, 0.717) is 0 Å². The Bertz CT molecular complexity index is 593. The Morgan fingerprint density at radius 3 is 2.44 bits per heavy atom. The van der Waals surface area contributed by atoms with Crippen LogP contribution in [0.3, 0.4) is 0 Å². The van der Waals surface area contributed by atoms with Crippen LogP contribution in [0.2, 0.25) is 18.1 Å². The second-order valence-electron chi connectivity index (χ2n) is 8.43. The number of rotatable bonds is 9. The number of aliphatic hydroxyl groups excluding tert-OH is 1. The largest absolute Gasteiger partial charge is 0.409 e. The predicted molar refractivity (Wildman–Crippen MR) is 112 cm³/mol. The highest BCUT2D eigenvalue weighted by molar-refractivity contribution is 7.59. The number of nitrogens with zero attached hydrogens (tertiary/aromatic N) is 1. The molecule has 2 unspecified atom stereocenters. The maximum absolute atomic E-state index is 9.94. The molecule has 10 heteroatoms. The topological polar surface area (TPSA) is 70.7 Å². The third-order valence-corrected chi connectivity index (χ3v) is 11.4. The van der Waals surface area contributed by atoms with Crippen molar-refractivity contribution in [2.75, 3.05) is 26.9 Å². The third-order valence-electron chi connectivity index (χ3n) is 5.22. The molecule has 1 heterocycles. The van der Waals surface area contributed by atoms with Gasteiger partial charge in [-0.05, 0) is 31.4 Å². The van der Waals surface area contributed by atoms with E-state index < -0.39 is 39.7 Å². The monoisotopic (exact) mass is 417 g/mol. The van der Waals surface area contributed by atoms with E-state index in [0.717, 1.165) is 0 Å². The molecule has 0 spiro atoms. The fourth-order valence-electron chi connectivity index (χ4n) is 2.43. The first kappa shape index (κ1) is 24.9. The molecular weight excluding hydrogens is 384 g/mol. The Labute approximate surface area is 166 Å². The van der Waals surface area contributed by atoms with Crippen LogP contribution in [-0.4, -0.2) is 78.3 Å². The van der Waals surface area contributed by atoms with Crippen LogP contribution in [0.5, 0.6) is 0 Å². The quantitative estimate of drug-likeness (QED) is 0.269. The van der Waals surface area contributed by atoms with Crippen molar-refractivity contribution in [2.24, 2.45) is 0 Å². The van der Waals surface area contributed by atoms with Crippen LogP contribution < -0.4 is 0 Å². The molecule has 0 aromatic rings. The Kier molecular flexibility index (Phi) is 8.38. The Morgan fingerprint density at radius 1 is 1.41 bits per heavy atom. The Morgan fingerprint density at radius 2 is 2.00 bits per heavy atom. The summed E-state index contributed by atoms with van der Waals surface area (Å²) in [6.07, 6.45) is 2.61. The molecule has 27 heavy (non-hydrogen) atoms. The number of ether oxygens (including phenoxy) is 1. The van der Waals surface area contributed by atoms with Gasteiger partial charge in [0, 0.05) is 13.1 Å². The summed E-state index contributed by atoms with van der Waals surface area (Å²) in [5.74, 6) is 0. The van der Waals surface area contributed by atoms with E-state index in [2.05, 4.69) is 45.0 Å².